The molecule has 2 rings (SSSR count). The summed E-state index contributed by atoms with van der Waals surface area (Å²) in [5, 5.41) is 0. The first-order valence-electron chi connectivity index (χ1n) is 8.54. The van der Waals surface area contributed by atoms with Gasteiger partial charge in [-0.15, -0.1) is 6.58 Å². The van der Waals surface area contributed by atoms with Crippen LogP contribution in [0.5, 0.6) is 5.75 Å². The lowest BCUT2D eigenvalue weighted by molar-refractivity contribution is 0.358. The van der Waals surface area contributed by atoms with Crippen molar-refractivity contribution in [2.24, 2.45) is 0 Å². The molecule has 2 aromatic rings. The second kappa shape index (κ2) is 8.01. The predicted molar refractivity (Wildman–Crippen MR) is 105 cm³/mol. The highest BCUT2D eigenvalue weighted by Gasteiger charge is 2.10. The molecule has 0 aliphatic rings. The van der Waals surface area contributed by atoms with Crippen molar-refractivity contribution in [1.82, 2.24) is 0 Å². The van der Waals surface area contributed by atoms with E-state index in [1.807, 2.05) is 6.08 Å². The summed E-state index contributed by atoms with van der Waals surface area (Å²) < 4.78 is 5.79. The molecule has 0 heterocycles. The van der Waals surface area contributed by atoms with Crippen molar-refractivity contribution in [3.05, 3.63) is 77.4 Å². The molecule has 126 valence electrons. The monoisotopic (exact) mass is 320 g/mol. The summed E-state index contributed by atoms with van der Waals surface area (Å²) in [6.45, 7) is 16.7. The third kappa shape index (κ3) is 3.97. The Hall–Kier alpha value is -2.28. The zero-order valence-corrected chi connectivity index (χ0v) is 15.4. The quantitative estimate of drug-likeness (QED) is 0.546. The maximum absolute atomic E-state index is 5.79. The molecular weight excluding hydrogens is 292 g/mol. The molecule has 0 saturated carbocycles. The van der Waals surface area contributed by atoms with Crippen LogP contribution in [0.4, 0.5) is 0 Å². The van der Waals surface area contributed by atoms with Crippen LogP contribution in [-0.4, -0.2) is 6.61 Å². The van der Waals surface area contributed by atoms with E-state index in [0.29, 0.717) is 6.61 Å². The van der Waals surface area contributed by atoms with Gasteiger partial charge in [0.15, 0.2) is 0 Å². The van der Waals surface area contributed by atoms with Gasteiger partial charge in [0.1, 0.15) is 12.4 Å². The van der Waals surface area contributed by atoms with Crippen molar-refractivity contribution in [2.75, 3.05) is 6.61 Å². The van der Waals surface area contributed by atoms with Gasteiger partial charge >= 0.3 is 0 Å². The van der Waals surface area contributed by atoms with Crippen LogP contribution in [0.2, 0.25) is 0 Å². The lowest BCUT2D eigenvalue weighted by atomic mass is 9.92. The number of ether oxygens (including phenoxy) is 1. The van der Waals surface area contributed by atoms with Gasteiger partial charge in [0.05, 0.1) is 0 Å². The van der Waals surface area contributed by atoms with Gasteiger partial charge < -0.3 is 4.74 Å². The average Bonchev–Trinajstić information content (AvgIpc) is 2.53. The van der Waals surface area contributed by atoms with Crippen LogP contribution < -0.4 is 4.74 Å². The van der Waals surface area contributed by atoms with E-state index in [1.54, 1.807) is 6.08 Å². The summed E-state index contributed by atoms with van der Waals surface area (Å²) in [6, 6.07) is 9.01. The maximum atomic E-state index is 5.79. The molecule has 0 aliphatic carbocycles. The highest BCUT2D eigenvalue weighted by atomic mass is 16.5. The van der Waals surface area contributed by atoms with Crippen LogP contribution in [0.15, 0.2) is 49.6 Å². The Morgan fingerprint density at radius 1 is 0.792 bits per heavy atom. The van der Waals surface area contributed by atoms with Gasteiger partial charge in [-0.25, -0.2) is 0 Å². The summed E-state index contributed by atoms with van der Waals surface area (Å²) in [7, 11) is 0. The molecule has 0 spiro atoms. The Morgan fingerprint density at radius 2 is 1.29 bits per heavy atom. The summed E-state index contributed by atoms with van der Waals surface area (Å²) in [4.78, 5) is 0. The van der Waals surface area contributed by atoms with Gasteiger partial charge in [-0.2, -0.15) is 0 Å². The van der Waals surface area contributed by atoms with E-state index in [-0.39, 0.29) is 0 Å². The molecule has 0 aliphatic heterocycles. The summed E-state index contributed by atoms with van der Waals surface area (Å²) in [5.74, 6) is 0.967. The Balaban J connectivity index is 2.41. The average molecular weight is 320 g/mol. The molecule has 24 heavy (non-hydrogen) atoms. The van der Waals surface area contributed by atoms with Gasteiger partial charge in [0, 0.05) is 0 Å². The van der Waals surface area contributed by atoms with Gasteiger partial charge in [0.2, 0.25) is 0 Å². The molecule has 1 heteroatoms. The van der Waals surface area contributed by atoms with Crippen LogP contribution in [0.3, 0.4) is 0 Å². The number of rotatable bonds is 7. The molecule has 0 amide bonds. The third-order valence-electron chi connectivity index (χ3n) is 4.43. The molecule has 0 saturated heterocycles. The molecule has 0 atom stereocenters. The number of hydrogen-bond donors (Lipinski definition) is 0. The second-order valence-corrected chi connectivity index (χ2v) is 6.45. The van der Waals surface area contributed by atoms with Crippen molar-refractivity contribution < 1.29 is 4.74 Å². The van der Waals surface area contributed by atoms with Gasteiger partial charge in [-0.3, -0.25) is 0 Å². The van der Waals surface area contributed by atoms with E-state index in [4.69, 9.17) is 4.74 Å². The molecule has 0 fully saturated rings. The first kappa shape index (κ1) is 18.1. The van der Waals surface area contributed by atoms with Crippen LogP contribution in [0.1, 0.15) is 34.2 Å². The number of allylic oxidation sites excluding steroid dienone is 1. The number of benzene rings is 2. The minimum atomic E-state index is 0.539. The van der Waals surface area contributed by atoms with Crippen molar-refractivity contribution in [2.45, 2.75) is 40.5 Å². The van der Waals surface area contributed by atoms with Gasteiger partial charge in [0.25, 0.3) is 0 Å². The topological polar surface area (TPSA) is 9.23 Å². The van der Waals surface area contributed by atoms with Crippen molar-refractivity contribution >= 4 is 0 Å². The predicted octanol–water partition coefficient (Wildman–Crippen LogP) is 6.27. The van der Waals surface area contributed by atoms with Crippen LogP contribution in [-0.2, 0) is 6.42 Å². The lowest BCUT2D eigenvalue weighted by Gasteiger charge is -2.16. The molecule has 0 bridgehead atoms. The van der Waals surface area contributed by atoms with E-state index < -0.39 is 0 Å². The summed E-state index contributed by atoms with van der Waals surface area (Å²) in [5.41, 5.74) is 9.00. The normalized spacial score (nSPS) is 10.5. The molecule has 0 radical (unpaired) electrons. The Labute approximate surface area is 146 Å². The van der Waals surface area contributed by atoms with Crippen molar-refractivity contribution in [1.29, 1.82) is 0 Å². The fourth-order valence-electron chi connectivity index (χ4n) is 3.29. The molecule has 0 unspecified atom stereocenters. The second-order valence-electron chi connectivity index (χ2n) is 6.45. The molecule has 2 aromatic carbocycles. The Kier molecular flexibility index (Phi) is 6.03. The van der Waals surface area contributed by atoms with Gasteiger partial charge in [-0.1, -0.05) is 30.9 Å². The van der Waals surface area contributed by atoms with E-state index in [9.17, 15) is 0 Å². The lowest BCUT2D eigenvalue weighted by Crippen LogP contribution is -1.99. The molecule has 0 N–H and O–H groups in total. The van der Waals surface area contributed by atoms with E-state index in [1.165, 1.54) is 27.8 Å². The minimum Gasteiger partial charge on any atom is -0.489 e. The molecule has 0 aromatic heterocycles. The Morgan fingerprint density at radius 3 is 1.75 bits per heavy atom. The van der Waals surface area contributed by atoms with Gasteiger partial charge in [-0.05, 0) is 91.6 Å². The SMILES string of the molecule is C=CCCc1c(C)cc(-c2cc(C)c(OCC=C)c(C)c2)cc1C. The van der Waals surface area contributed by atoms with E-state index >= 15 is 0 Å². The third-order valence-corrected chi connectivity index (χ3v) is 4.43. The fraction of sp³-hybridized carbons (Fsp3) is 0.304. The molecule has 1 nitrogen and oxygen atoms in total. The fourth-order valence-corrected chi connectivity index (χ4v) is 3.29. The largest absolute Gasteiger partial charge is 0.489 e. The van der Waals surface area contributed by atoms with Crippen LogP contribution >= 0.6 is 0 Å². The maximum Gasteiger partial charge on any atom is 0.125 e. The van der Waals surface area contributed by atoms with Crippen LogP contribution in [0, 0.1) is 27.7 Å². The zero-order chi connectivity index (χ0) is 17.7. The van der Waals surface area contributed by atoms with Crippen LogP contribution in [0.25, 0.3) is 11.1 Å². The first-order chi connectivity index (χ1) is 11.5. The summed E-state index contributed by atoms with van der Waals surface area (Å²) in [6.07, 6.45) is 5.85. The number of aryl methyl sites for hydroxylation is 4. The highest BCUT2D eigenvalue weighted by molar-refractivity contribution is 5.69. The first-order valence-corrected chi connectivity index (χ1v) is 8.54. The zero-order valence-electron chi connectivity index (χ0n) is 15.4. The number of hydrogen-bond acceptors (Lipinski definition) is 1. The van der Waals surface area contributed by atoms with Crippen molar-refractivity contribution in [3.8, 4) is 16.9 Å². The minimum absolute atomic E-state index is 0.539. The Bertz CT molecular complexity index is 641. The summed E-state index contributed by atoms with van der Waals surface area (Å²) >= 11 is 0. The highest BCUT2D eigenvalue weighted by Crippen LogP contribution is 2.32. The molecular formula is C23H28O. The van der Waals surface area contributed by atoms with E-state index in [0.717, 1.165) is 29.7 Å². The smallest absolute Gasteiger partial charge is 0.125 e. The van der Waals surface area contributed by atoms with E-state index in [2.05, 4.69) is 65.1 Å². The standard InChI is InChI=1S/C23H28O/c1-7-9-10-22-16(3)12-20(13-17(22)4)21-14-18(5)23(19(6)15-21)24-11-8-2/h7-8,12-15H,1-2,9-11H2,3-6H3. The van der Waals surface area contributed by atoms with Crippen molar-refractivity contribution in [3.63, 3.8) is 0 Å².